The molecule has 0 saturated carbocycles. The quantitative estimate of drug-likeness (QED) is 0.797. The molecule has 2 rings (SSSR count). The van der Waals surface area contributed by atoms with Crippen LogP contribution >= 0.6 is 0 Å². The van der Waals surface area contributed by atoms with Crippen molar-refractivity contribution in [3.8, 4) is 12.1 Å². The van der Waals surface area contributed by atoms with Gasteiger partial charge in [0.05, 0.1) is 18.4 Å². The molecule has 2 aromatic rings. The molecule has 98 valence electrons. The number of hydrogen-bond acceptors (Lipinski definition) is 4. The Bertz CT molecular complexity index is 747. The van der Waals surface area contributed by atoms with Crippen LogP contribution in [0.2, 0.25) is 0 Å². The van der Waals surface area contributed by atoms with Gasteiger partial charge in [0.25, 0.3) is 0 Å². The van der Waals surface area contributed by atoms with Crippen molar-refractivity contribution in [2.45, 2.75) is 6.54 Å². The number of Topliss-reactive ketones (excluding diaryl/α,β-unsaturated/α-hetero) is 1. The molecule has 20 heavy (non-hydrogen) atoms. The van der Waals surface area contributed by atoms with E-state index < -0.39 is 29.5 Å². The molecule has 7 heteroatoms. The first-order valence-corrected chi connectivity index (χ1v) is 5.41. The highest BCUT2D eigenvalue weighted by atomic mass is 19.1. The summed E-state index contributed by atoms with van der Waals surface area (Å²) in [6.45, 7) is -0.477. The van der Waals surface area contributed by atoms with E-state index in [0.29, 0.717) is 0 Å². The van der Waals surface area contributed by atoms with Gasteiger partial charge in [-0.3, -0.25) is 4.79 Å². The van der Waals surface area contributed by atoms with Crippen LogP contribution in [-0.4, -0.2) is 15.3 Å². The standard InChI is InChI=1S/C13H6F2N4O/c14-8-2-1-3-9(15)13(8)12(20)6-19-7-18-10(4-16)11(19)5-17/h1-3,7H,6H2. The van der Waals surface area contributed by atoms with E-state index in [0.717, 1.165) is 29.1 Å². The summed E-state index contributed by atoms with van der Waals surface area (Å²) in [5, 5.41) is 17.6. The first-order chi connectivity index (χ1) is 9.58. The maximum Gasteiger partial charge on any atom is 0.188 e. The van der Waals surface area contributed by atoms with E-state index in [-0.39, 0.29) is 11.4 Å². The second-order valence-corrected chi connectivity index (χ2v) is 3.81. The molecule has 1 aromatic carbocycles. The number of nitrogens with zero attached hydrogens (tertiary/aromatic N) is 4. The van der Waals surface area contributed by atoms with Gasteiger partial charge in [-0.1, -0.05) is 6.07 Å². The third kappa shape index (κ3) is 2.25. The van der Waals surface area contributed by atoms with Crippen molar-refractivity contribution in [3.05, 3.63) is 53.1 Å². The van der Waals surface area contributed by atoms with Crippen LogP contribution in [0, 0.1) is 34.3 Å². The molecule has 0 aliphatic heterocycles. The van der Waals surface area contributed by atoms with E-state index >= 15 is 0 Å². The maximum absolute atomic E-state index is 13.5. The smallest absolute Gasteiger partial charge is 0.188 e. The second kappa shape index (κ2) is 5.29. The number of rotatable bonds is 3. The summed E-state index contributed by atoms with van der Waals surface area (Å²) in [4.78, 5) is 15.5. The van der Waals surface area contributed by atoms with E-state index in [1.54, 1.807) is 12.1 Å². The topological polar surface area (TPSA) is 82.5 Å². The third-order valence-corrected chi connectivity index (χ3v) is 2.61. The molecule has 0 fully saturated rings. The summed E-state index contributed by atoms with van der Waals surface area (Å²) >= 11 is 0. The predicted octanol–water partition coefficient (Wildman–Crippen LogP) is 1.79. The lowest BCUT2D eigenvalue weighted by molar-refractivity contribution is 0.0963. The Morgan fingerprint density at radius 1 is 1.25 bits per heavy atom. The number of imidazole rings is 1. The molecule has 0 aliphatic rings. The highest BCUT2D eigenvalue weighted by Gasteiger charge is 2.19. The van der Waals surface area contributed by atoms with Gasteiger partial charge in [0, 0.05) is 0 Å². The van der Waals surface area contributed by atoms with Crippen LogP contribution in [-0.2, 0) is 6.54 Å². The van der Waals surface area contributed by atoms with Gasteiger partial charge in [0.15, 0.2) is 17.2 Å². The highest BCUT2D eigenvalue weighted by Crippen LogP contribution is 2.15. The summed E-state index contributed by atoms with van der Waals surface area (Å²) in [5.74, 6) is -2.80. The summed E-state index contributed by atoms with van der Waals surface area (Å²) < 4.78 is 28.0. The van der Waals surface area contributed by atoms with E-state index in [1.807, 2.05) is 0 Å². The molecule has 0 atom stereocenters. The van der Waals surface area contributed by atoms with Gasteiger partial charge in [-0.25, -0.2) is 13.8 Å². The van der Waals surface area contributed by atoms with Crippen LogP contribution in [0.5, 0.6) is 0 Å². The molecule has 5 nitrogen and oxygen atoms in total. The van der Waals surface area contributed by atoms with Gasteiger partial charge in [-0.05, 0) is 12.1 Å². The zero-order valence-electron chi connectivity index (χ0n) is 9.97. The summed E-state index contributed by atoms with van der Waals surface area (Å²) in [5.41, 5.74) is -0.949. The second-order valence-electron chi connectivity index (χ2n) is 3.81. The fourth-order valence-electron chi connectivity index (χ4n) is 1.70. The molecular weight excluding hydrogens is 266 g/mol. The third-order valence-electron chi connectivity index (χ3n) is 2.61. The average molecular weight is 272 g/mol. The number of ketones is 1. The molecule has 0 amide bonds. The van der Waals surface area contributed by atoms with Crippen molar-refractivity contribution in [3.63, 3.8) is 0 Å². The van der Waals surface area contributed by atoms with Crippen LogP contribution in [0.25, 0.3) is 0 Å². The average Bonchev–Trinajstić information content (AvgIpc) is 2.80. The molecule has 0 aliphatic carbocycles. The minimum Gasteiger partial charge on any atom is -0.313 e. The summed E-state index contributed by atoms with van der Waals surface area (Å²) in [6, 6.07) is 6.49. The predicted molar refractivity (Wildman–Crippen MR) is 62.3 cm³/mol. The van der Waals surface area contributed by atoms with E-state index in [1.165, 1.54) is 0 Å². The Hall–Kier alpha value is -3.06. The van der Waals surface area contributed by atoms with Gasteiger partial charge >= 0.3 is 0 Å². The van der Waals surface area contributed by atoms with Gasteiger partial charge in [-0.2, -0.15) is 10.5 Å². The Labute approximate surface area is 112 Å². The Kier molecular flexibility index (Phi) is 3.54. The van der Waals surface area contributed by atoms with Gasteiger partial charge < -0.3 is 4.57 Å². The largest absolute Gasteiger partial charge is 0.313 e. The van der Waals surface area contributed by atoms with Gasteiger partial charge in [-0.15, -0.1) is 0 Å². The molecule has 0 radical (unpaired) electrons. The maximum atomic E-state index is 13.5. The number of carbonyl (C=O) groups is 1. The molecule has 0 saturated heterocycles. The van der Waals surface area contributed by atoms with Crippen LogP contribution in [0.1, 0.15) is 21.7 Å². The number of benzene rings is 1. The fraction of sp³-hybridized carbons (Fsp3) is 0.0769. The molecule has 0 spiro atoms. The zero-order valence-corrected chi connectivity index (χ0v) is 9.97. The van der Waals surface area contributed by atoms with Crippen LogP contribution in [0.4, 0.5) is 8.78 Å². The lowest BCUT2D eigenvalue weighted by atomic mass is 10.1. The van der Waals surface area contributed by atoms with E-state index in [2.05, 4.69) is 4.98 Å². The Balaban J connectivity index is 2.37. The first-order valence-electron chi connectivity index (χ1n) is 5.41. The molecule has 0 unspecified atom stereocenters. The number of carbonyl (C=O) groups excluding carboxylic acids is 1. The normalized spacial score (nSPS) is 9.80. The number of nitriles is 2. The Morgan fingerprint density at radius 3 is 2.45 bits per heavy atom. The number of aromatic nitrogens is 2. The number of halogens is 2. The van der Waals surface area contributed by atoms with Crippen molar-refractivity contribution in [1.29, 1.82) is 10.5 Å². The molecule has 1 heterocycles. The summed E-state index contributed by atoms with van der Waals surface area (Å²) in [6.07, 6.45) is 1.10. The van der Waals surface area contributed by atoms with Gasteiger partial charge in [0.2, 0.25) is 0 Å². The lowest BCUT2D eigenvalue weighted by Crippen LogP contribution is -2.14. The zero-order chi connectivity index (χ0) is 14.7. The van der Waals surface area contributed by atoms with Crippen molar-refractivity contribution >= 4 is 5.78 Å². The first kappa shape index (κ1) is 13.4. The summed E-state index contributed by atoms with van der Waals surface area (Å²) in [7, 11) is 0. The molecule has 0 N–H and O–H groups in total. The van der Waals surface area contributed by atoms with Crippen molar-refractivity contribution < 1.29 is 13.6 Å². The van der Waals surface area contributed by atoms with E-state index in [9.17, 15) is 13.6 Å². The minimum absolute atomic E-state index is 0.127. The molecular formula is C13H6F2N4O. The molecule has 1 aromatic heterocycles. The lowest BCUT2D eigenvalue weighted by Gasteiger charge is -2.05. The van der Waals surface area contributed by atoms with Crippen molar-refractivity contribution in [2.75, 3.05) is 0 Å². The SMILES string of the molecule is N#Cc1ncn(CC(=O)c2c(F)cccc2F)c1C#N. The number of hydrogen-bond donors (Lipinski definition) is 0. The minimum atomic E-state index is -0.978. The fourth-order valence-corrected chi connectivity index (χ4v) is 1.70. The highest BCUT2D eigenvalue weighted by molar-refractivity contribution is 5.96. The van der Waals surface area contributed by atoms with Crippen LogP contribution in [0.3, 0.4) is 0 Å². The van der Waals surface area contributed by atoms with Crippen LogP contribution < -0.4 is 0 Å². The van der Waals surface area contributed by atoms with Gasteiger partial charge in [0.1, 0.15) is 23.8 Å². The van der Waals surface area contributed by atoms with Crippen molar-refractivity contribution in [2.24, 2.45) is 0 Å². The Morgan fingerprint density at radius 2 is 1.90 bits per heavy atom. The van der Waals surface area contributed by atoms with Crippen LogP contribution in [0.15, 0.2) is 24.5 Å². The van der Waals surface area contributed by atoms with Crippen molar-refractivity contribution in [1.82, 2.24) is 9.55 Å². The monoisotopic (exact) mass is 272 g/mol. The molecule has 0 bridgehead atoms. The van der Waals surface area contributed by atoms with E-state index in [4.69, 9.17) is 10.5 Å².